The Morgan fingerprint density at radius 3 is 3.08 bits per heavy atom. The molecule has 1 heterocycles. The number of tetrazole rings is 1. The normalized spacial score (nSPS) is 12.5. The lowest BCUT2D eigenvalue weighted by Crippen LogP contribution is -2.31. The van der Waals surface area contributed by atoms with E-state index in [1.54, 1.807) is 6.92 Å². The fourth-order valence-electron chi connectivity index (χ4n) is 0.577. The van der Waals surface area contributed by atoms with Gasteiger partial charge in [-0.25, -0.2) is 0 Å². The van der Waals surface area contributed by atoms with E-state index in [0.29, 0.717) is 0 Å². The maximum atomic E-state index is 11.0. The van der Waals surface area contributed by atoms with Gasteiger partial charge in [0.1, 0.15) is 0 Å². The van der Waals surface area contributed by atoms with Crippen LogP contribution in [-0.4, -0.2) is 44.3 Å². The van der Waals surface area contributed by atoms with Crippen molar-refractivity contribution < 1.29 is 9.90 Å². The highest BCUT2D eigenvalue weighted by Crippen LogP contribution is 1.83. The molecule has 0 aliphatic heterocycles. The van der Waals surface area contributed by atoms with E-state index in [9.17, 15) is 4.79 Å². The summed E-state index contributed by atoms with van der Waals surface area (Å²) in [5.41, 5.74) is 0. The predicted molar refractivity (Wildman–Crippen MR) is 38.2 cm³/mol. The summed E-state index contributed by atoms with van der Waals surface area (Å²) in [5.74, 6) is -0.486. The van der Waals surface area contributed by atoms with E-state index in [1.807, 2.05) is 0 Å². The molecule has 0 saturated heterocycles. The van der Waals surface area contributed by atoms with Crippen LogP contribution >= 0.6 is 0 Å². The number of nitrogens with one attached hydrogen (secondary N) is 2. The Kier molecular flexibility index (Phi) is 2.70. The van der Waals surface area contributed by atoms with E-state index < -0.39 is 12.0 Å². The lowest BCUT2D eigenvalue weighted by atomic mass is 10.4. The predicted octanol–water partition coefficient (Wildman–Crippen LogP) is -1.69. The first kappa shape index (κ1) is 8.60. The molecule has 1 aromatic rings. The number of aliphatic hydroxyl groups excluding tert-OH is 1. The van der Waals surface area contributed by atoms with E-state index in [4.69, 9.17) is 5.11 Å². The van der Waals surface area contributed by atoms with Crippen molar-refractivity contribution in [2.45, 2.75) is 13.0 Å². The number of carbonyl (C=O) groups is 1. The zero-order valence-electron chi connectivity index (χ0n) is 6.48. The van der Waals surface area contributed by atoms with E-state index >= 15 is 0 Å². The Bertz CT molecular complexity index is 244. The minimum atomic E-state index is -0.583. The van der Waals surface area contributed by atoms with Gasteiger partial charge in [0.05, 0.1) is 6.10 Å². The number of hydrogen-bond acceptors (Lipinski definition) is 5. The van der Waals surface area contributed by atoms with Crippen molar-refractivity contribution in [3.05, 3.63) is 5.82 Å². The Balaban J connectivity index is 2.40. The minimum Gasteiger partial charge on any atom is -0.392 e. The number of aliphatic hydroxyl groups is 1. The molecule has 1 rings (SSSR count). The summed E-state index contributed by atoms with van der Waals surface area (Å²) >= 11 is 0. The first-order valence-electron chi connectivity index (χ1n) is 3.40. The first-order chi connectivity index (χ1) is 5.70. The second-order valence-electron chi connectivity index (χ2n) is 2.29. The minimum absolute atomic E-state index is 0.0318. The third-order valence-electron chi connectivity index (χ3n) is 1.11. The first-order valence-corrected chi connectivity index (χ1v) is 3.40. The number of aromatic nitrogens is 4. The van der Waals surface area contributed by atoms with Gasteiger partial charge in [-0.05, 0) is 12.1 Å². The molecule has 0 spiro atoms. The summed E-state index contributed by atoms with van der Waals surface area (Å²) in [5, 5.41) is 23.5. The second-order valence-corrected chi connectivity index (χ2v) is 2.29. The Hall–Kier alpha value is -1.50. The Labute approximate surface area is 68.2 Å². The molecule has 0 aromatic carbocycles. The number of hydrogen-bond donors (Lipinski definition) is 3. The lowest BCUT2D eigenvalue weighted by molar-refractivity contribution is 0.0914. The van der Waals surface area contributed by atoms with Crippen molar-refractivity contribution in [1.82, 2.24) is 25.9 Å². The van der Waals surface area contributed by atoms with Crippen molar-refractivity contribution >= 4 is 5.91 Å². The van der Waals surface area contributed by atoms with Crippen LogP contribution in [0.3, 0.4) is 0 Å². The average molecular weight is 171 g/mol. The van der Waals surface area contributed by atoms with Crippen LogP contribution in [0.1, 0.15) is 17.5 Å². The van der Waals surface area contributed by atoms with E-state index in [1.165, 1.54) is 0 Å². The molecule has 1 aromatic heterocycles. The van der Waals surface area contributed by atoms with Crippen molar-refractivity contribution in [3.63, 3.8) is 0 Å². The molecule has 7 nitrogen and oxygen atoms in total. The van der Waals surface area contributed by atoms with Crippen molar-refractivity contribution in [1.29, 1.82) is 0 Å². The van der Waals surface area contributed by atoms with Crippen LogP contribution < -0.4 is 5.32 Å². The highest BCUT2D eigenvalue weighted by atomic mass is 16.3. The molecule has 7 heteroatoms. The molecule has 66 valence electrons. The quantitative estimate of drug-likeness (QED) is 0.503. The van der Waals surface area contributed by atoms with Gasteiger partial charge >= 0.3 is 0 Å². The summed E-state index contributed by atoms with van der Waals surface area (Å²) < 4.78 is 0. The second kappa shape index (κ2) is 3.77. The number of H-pyrrole nitrogens is 1. The van der Waals surface area contributed by atoms with Crippen LogP contribution in [0, 0.1) is 0 Å². The van der Waals surface area contributed by atoms with Gasteiger partial charge in [0.15, 0.2) is 0 Å². The highest BCUT2D eigenvalue weighted by molar-refractivity contribution is 5.89. The van der Waals surface area contributed by atoms with Crippen LogP contribution in [0.25, 0.3) is 0 Å². The van der Waals surface area contributed by atoms with Gasteiger partial charge in [-0.2, -0.15) is 5.21 Å². The van der Waals surface area contributed by atoms with E-state index in [0.717, 1.165) is 0 Å². The zero-order chi connectivity index (χ0) is 8.97. The summed E-state index contributed by atoms with van der Waals surface area (Å²) in [6, 6.07) is 0. The molecule has 0 radical (unpaired) electrons. The van der Waals surface area contributed by atoms with Gasteiger partial charge in [-0.15, -0.1) is 10.2 Å². The van der Waals surface area contributed by atoms with Crippen LogP contribution in [0.2, 0.25) is 0 Å². The fraction of sp³-hybridized carbons (Fsp3) is 0.600. The van der Waals surface area contributed by atoms with Gasteiger partial charge in [0, 0.05) is 6.54 Å². The summed E-state index contributed by atoms with van der Waals surface area (Å²) in [4.78, 5) is 11.0. The van der Waals surface area contributed by atoms with Crippen LogP contribution in [0.15, 0.2) is 0 Å². The van der Waals surface area contributed by atoms with E-state index in [2.05, 4.69) is 25.9 Å². The molecule has 0 saturated carbocycles. The number of amides is 1. The van der Waals surface area contributed by atoms with Crippen molar-refractivity contribution in [3.8, 4) is 0 Å². The zero-order valence-corrected chi connectivity index (χ0v) is 6.48. The average Bonchev–Trinajstić information content (AvgIpc) is 2.51. The molecule has 0 bridgehead atoms. The maximum absolute atomic E-state index is 11.0. The monoisotopic (exact) mass is 171 g/mol. The molecule has 0 fully saturated rings. The molecule has 12 heavy (non-hydrogen) atoms. The van der Waals surface area contributed by atoms with Crippen LogP contribution in [-0.2, 0) is 0 Å². The summed E-state index contributed by atoms with van der Waals surface area (Å²) in [6.45, 7) is 1.74. The smallest absolute Gasteiger partial charge is 0.292 e. The molecule has 1 unspecified atom stereocenters. The summed E-state index contributed by atoms with van der Waals surface area (Å²) in [7, 11) is 0. The number of nitrogens with zero attached hydrogens (tertiary/aromatic N) is 3. The molecular weight excluding hydrogens is 162 g/mol. The van der Waals surface area contributed by atoms with Crippen LogP contribution in [0.5, 0.6) is 0 Å². The van der Waals surface area contributed by atoms with Gasteiger partial charge < -0.3 is 10.4 Å². The fourth-order valence-corrected chi connectivity index (χ4v) is 0.577. The highest BCUT2D eigenvalue weighted by Gasteiger charge is 2.09. The van der Waals surface area contributed by atoms with Crippen molar-refractivity contribution in [2.24, 2.45) is 0 Å². The van der Waals surface area contributed by atoms with Gasteiger partial charge in [0.25, 0.3) is 11.7 Å². The lowest BCUT2D eigenvalue weighted by Gasteiger charge is -2.03. The van der Waals surface area contributed by atoms with Crippen LogP contribution in [0.4, 0.5) is 0 Å². The third kappa shape index (κ3) is 2.27. The van der Waals surface area contributed by atoms with E-state index in [-0.39, 0.29) is 12.4 Å². The van der Waals surface area contributed by atoms with Gasteiger partial charge in [0.2, 0.25) is 0 Å². The molecular formula is C5H9N5O2. The maximum Gasteiger partial charge on any atom is 0.292 e. The molecule has 1 atom stereocenters. The number of aromatic amines is 1. The SMILES string of the molecule is CC(O)CNC(=O)c1nn[nH]n1. The molecule has 0 aliphatic rings. The van der Waals surface area contributed by atoms with Crippen molar-refractivity contribution in [2.75, 3.05) is 6.54 Å². The summed E-state index contributed by atoms with van der Waals surface area (Å²) in [6.07, 6.45) is -0.583. The van der Waals surface area contributed by atoms with Gasteiger partial charge in [-0.3, -0.25) is 4.79 Å². The third-order valence-corrected chi connectivity index (χ3v) is 1.11. The Morgan fingerprint density at radius 1 is 1.83 bits per heavy atom. The van der Waals surface area contributed by atoms with Gasteiger partial charge in [-0.1, -0.05) is 0 Å². The Morgan fingerprint density at radius 2 is 2.58 bits per heavy atom. The topological polar surface area (TPSA) is 104 Å². The standard InChI is InChI=1S/C5H9N5O2/c1-3(11)2-6-5(12)4-7-9-10-8-4/h3,11H,2H2,1H3,(H,6,12)(H,7,8,9,10). The molecule has 3 N–H and O–H groups in total. The largest absolute Gasteiger partial charge is 0.392 e. The molecule has 0 aliphatic carbocycles. The number of rotatable bonds is 3. The molecule has 1 amide bonds. The number of carbonyl (C=O) groups excluding carboxylic acids is 1.